The summed E-state index contributed by atoms with van der Waals surface area (Å²) in [6.45, 7) is 8.23. The number of benzene rings is 1. The Morgan fingerprint density at radius 3 is 2.74 bits per heavy atom. The normalized spacial score (nSPS) is 13.4. The minimum absolute atomic E-state index is 0.307. The van der Waals surface area contributed by atoms with Gasteiger partial charge >= 0.3 is 5.97 Å². The molecule has 1 unspecified atom stereocenters. The molecule has 0 saturated carbocycles. The summed E-state index contributed by atoms with van der Waals surface area (Å²) >= 11 is 0. The van der Waals surface area contributed by atoms with Gasteiger partial charge in [0.2, 0.25) is 0 Å². The number of esters is 1. The maximum absolute atomic E-state index is 12.3. The highest BCUT2D eigenvalue weighted by atomic mass is 16.5. The number of terminal acetylenes is 1. The third-order valence-corrected chi connectivity index (χ3v) is 3.16. The van der Waals surface area contributed by atoms with Crippen molar-refractivity contribution in [3.05, 3.63) is 34.9 Å². The summed E-state index contributed by atoms with van der Waals surface area (Å²) in [7, 11) is 0. The molecule has 0 aliphatic heterocycles. The molecule has 0 amide bonds. The Labute approximate surface area is 115 Å². The van der Waals surface area contributed by atoms with Crippen LogP contribution in [0.15, 0.2) is 18.2 Å². The van der Waals surface area contributed by atoms with Gasteiger partial charge in [-0.3, -0.25) is 5.32 Å². The van der Waals surface area contributed by atoms with Gasteiger partial charge in [-0.25, -0.2) is 4.79 Å². The van der Waals surface area contributed by atoms with Crippen molar-refractivity contribution >= 4 is 5.97 Å². The molecule has 1 aromatic rings. The quantitative estimate of drug-likeness (QED) is 0.651. The van der Waals surface area contributed by atoms with Crippen LogP contribution in [0.1, 0.15) is 30.5 Å². The van der Waals surface area contributed by atoms with Crippen molar-refractivity contribution < 1.29 is 9.53 Å². The molecule has 1 rings (SSSR count). The first-order valence-corrected chi connectivity index (χ1v) is 6.39. The first kappa shape index (κ1) is 15.3. The van der Waals surface area contributed by atoms with Gasteiger partial charge in [0.05, 0.1) is 13.2 Å². The fourth-order valence-corrected chi connectivity index (χ4v) is 2.06. The second-order valence-corrected chi connectivity index (χ2v) is 4.72. The molecule has 0 bridgehead atoms. The molecule has 0 radical (unpaired) electrons. The topological polar surface area (TPSA) is 38.3 Å². The van der Waals surface area contributed by atoms with Crippen LogP contribution in [-0.2, 0) is 15.1 Å². The van der Waals surface area contributed by atoms with E-state index in [2.05, 4.69) is 11.2 Å². The van der Waals surface area contributed by atoms with E-state index in [-0.39, 0.29) is 5.97 Å². The summed E-state index contributed by atoms with van der Waals surface area (Å²) in [5.41, 5.74) is 2.11. The van der Waals surface area contributed by atoms with E-state index < -0.39 is 5.54 Å². The third-order valence-electron chi connectivity index (χ3n) is 3.16. The van der Waals surface area contributed by atoms with E-state index in [1.807, 2.05) is 39.0 Å². The van der Waals surface area contributed by atoms with Gasteiger partial charge in [0, 0.05) is 0 Å². The Morgan fingerprint density at radius 1 is 1.47 bits per heavy atom. The SMILES string of the molecule is C#CCNC(C)(C(=O)OCC)c1cc(C)ccc1C. The first-order chi connectivity index (χ1) is 8.95. The molecule has 0 aromatic heterocycles. The van der Waals surface area contributed by atoms with E-state index in [0.717, 1.165) is 16.7 Å². The molecule has 3 nitrogen and oxygen atoms in total. The van der Waals surface area contributed by atoms with Gasteiger partial charge in [-0.1, -0.05) is 29.7 Å². The highest BCUT2D eigenvalue weighted by Crippen LogP contribution is 2.26. The Hall–Kier alpha value is -1.79. The number of carbonyl (C=O) groups excluding carboxylic acids is 1. The van der Waals surface area contributed by atoms with Crippen molar-refractivity contribution in [3.63, 3.8) is 0 Å². The Kier molecular flexibility index (Phi) is 5.14. The molecule has 1 atom stereocenters. The van der Waals surface area contributed by atoms with Gasteiger partial charge in [0.25, 0.3) is 0 Å². The molecule has 0 spiro atoms. The molecule has 0 saturated heterocycles. The van der Waals surface area contributed by atoms with Crippen LogP contribution in [0.5, 0.6) is 0 Å². The average Bonchev–Trinajstić information content (AvgIpc) is 2.39. The van der Waals surface area contributed by atoms with E-state index in [9.17, 15) is 4.79 Å². The third kappa shape index (κ3) is 3.36. The van der Waals surface area contributed by atoms with Crippen LogP contribution < -0.4 is 5.32 Å². The molecule has 0 fully saturated rings. The van der Waals surface area contributed by atoms with Crippen molar-refractivity contribution in [2.45, 2.75) is 33.2 Å². The largest absolute Gasteiger partial charge is 0.464 e. The van der Waals surface area contributed by atoms with Crippen LogP contribution in [0, 0.1) is 26.2 Å². The maximum Gasteiger partial charge on any atom is 0.330 e. The molecule has 0 aliphatic carbocycles. The molecule has 19 heavy (non-hydrogen) atoms. The van der Waals surface area contributed by atoms with Gasteiger partial charge in [-0.05, 0) is 38.8 Å². The van der Waals surface area contributed by atoms with E-state index >= 15 is 0 Å². The van der Waals surface area contributed by atoms with Crippen molar-refractivity contribution in [3.8, 4) is 12.3 Å². The summed E-state index contributed by atoms with van der Waals surface area (Å²) in [5.74, 6) is 2.20. The fourth-order valence-electron chi connectivity index (χ4n) is 2.06. The molecule has 0 heterocycles. The number of rotatable bonds is 5. The summed E-state index contributed by atoms with van der Waals surface area (Å²) < 4.78 is 5.18. The predicted molar refractivity (Wildman–Crippen MR) is 76.7 cm³/mol. The van der Waals surface area contributed by atoms with Crippen molar-refractivity contribution in [2.24, 2.45) is 0 Å². The zero-order chi connectivity index (χ0) is 14.5. The summed E-state index contributed by atoms with van der Waals surface area (Å²) in [6, 6.07) is 6.01. The van der Waals surface area contributed by atoms with Crippen molar-refractivity contribution in [1.82, 2.24) is 5.32 Å². The second kappa shape index (κ2) is 6.40. The van der Waals surface area contributed by atoms with Gasteiger partial charge in [0.15, 0.2) is 0 Å². The minimum atomic E-state index is -0.918. The van der Waals surface area contributed by atoms with E-state index in [1.165, 1.54) is 0 Å². The minimum Gasteiger partial charge on any atom is -0.464 e. The maximum atomic E-state index is 12.3. The van der Waals surface area contributed by atoms with Crippen LogP contribution >= 0.6 is 0 Å². The average molecular weight is 259 g/mol. The second-order valence-electron chi connectivity index (χ2n) is 4.72. The Balaban J connectivity index is 3.26. The lowest BCUT2D eigenvalue weighted by atomic mass is 9.87. The zero-order valence-corrected chi connectivity index (χ0v) is 12.0. The number of hydrogen-bond donors (Lipinski definition) is 1. The number of aryl methyl sites for hydroxylation is 2. The number of carbonyl (C=O) groups is 1. The Bertz CT molecular complexity index is 502. The van der Waals surface area contributed by atoms with Crippen molar-refractivity contribution in [2.75, 3.05) is 13.2 Å². The number of nitrogens with one attached hydrogen (secondary N) is 1. The van der Waals surface area contributed by atoms with Gasteiger partial charge in [0.1, 0.15) is 5.54 Å². The van der Waals surface area contributed by atoms with Crippen LogP contribution in [-0.4, -0.2) is 19.1 Å². The lowest BCUT2D eigenvalue weighted by Gasteiger charge is -2.30. The molecule has 1 N–H and O–H groups in total. The first-order valence-electron chi connectivity index (χ1n) is 6.39. The standard InChI is InChI=1S/C16H21NO2/c1-6-10-17-16(5,15(18)19-7-2)14-11-12(3)8-9-13(14)4/h1,8-9,11,17H,7,10H2,2-5H3. The lowest BCUT2D eigenvalue weighted by molar-refractivity contribution is -0.150. The Morgan fingerprint density at radius 2 is 2.16 bits per heavy atom. The lowest BCUT2D eigenvalue weighted by Crippen LogP contribution is -2.48. The molecular weight excluding hydrogens is 238 g/mol. The predicted octanol–water partition coefficient (Wildman–Crippen LogP) is 2.30. The van der Waals surface area contributed by atoms with E-state index in [1.54, 1.807) is 6.92 Å². The number of ether oxygens (including phenoxy) is 1. The molecule has 0 aliphatic rings. The van der Waals surface area contributed by atoms with Gasteiger partial charge in [-0.2, -0.15) is 0 Å². The molecule has 102 valence electrons. The van der Waals surface area contributed by atoms with Gasteiger partial charge < -0.3 is 4.74 Å². The molecule has 1 aromatic carbocycles. The van der Waals surface area contributed by atoms with Crippen LogP contribution in [0.25, 0.3) is 0 Å². The van der Waals surface area contributed by atoms with E-state index in [4.69, 9.17) is 11.2 Å². The highest BCUT2D eigenvalue weighted by Gasteiger charge is 2.37. The summed E-state index contributed by atoms with van der Waals surface area (Å²) in [6.07, 6.45) is 5.29. The smallest absolute Gasteiger partial charge is 0.330 e. The van der Waals surface area contributed by atoms with E-state index in [0.29, 0.717) is 13.2 Å². The monoisotopic (exact) mass is 259 g/mol. The summed E-state index contributed by atoms with van der Waals surface area (Å²) in [4.78, 5) is 12.3. The summed E-state index contributed by atoms with van der Waals surface area (Å²) in [5, 5.41) is 3.10. The van der Waals surface area contributed by atoms with Crippen LogP contribution in [0.2, 0.25) is 0 Å². The van der Waals surface area contributed by atoms with Gasteiger partial charge in [-0.15, -0.1) is 6.42 Å². The fraction of sp³-hybridized carbons (Fsp3) is 0.438. The zero-order valence-electron chi connectivity index (χ0n) is 12.0. The number of hydrogen-bond acceptors (Lipinski definition) is 3. The van der Waals surface area contributed by atoms with Crippen LogP contribution in [0.4, 0.5) is 0 Å². The van der Waals surface area contributed by atoms with Crippen molar-refractivity contribution in [1.29, 1.82) is 0 Å². The molecular formula is C16H21NO2. The molecule has 3 heteroatoms. The van der Waals surface area contributed by atoms with Crippen LogP contribution in [0.3, 0.4) is 0 Å². The highest BCUT2D eigenvalue weighted by molar-refractivity contribution is 5.82.